The second-order valence-corrected chi connectivity index (χ2v) is 4.56. The maximum Gasteiger partial charge on any atom is 0.231 e. The van der Waals surface area contributed by atoms with Crippen LogP contribution in [0.2, 0.25) is 0 Å². The zero-order chi connectivity index (χ0) is 13.8. The molecule has 1 aromatic rings. The lowest BCUT2D eigenvalue weighted by atomic mass is 9.81. The molecule has 0 bridgehead atoms. The van der Waals surface area contributed by atoms with Gasteiger partial charge in [-0.1, -0.05) is 19.9 Å². The van der Waals surface area contributed by atoms with Crippen LogP contribution >= 0.6 is 0 Å². The van der Waals surface area contributed by atoms with Crippen molar-refractivity contribution in [2.75, 3.05) is 11.9 Å². The molecule has 0 saturated carbocycles. The van der Waals surface area contributed by atoms with Gasteiger partial charge in [-0.25, -0.2) is 4.39 Å². The molecule has 0 aliphatic rings. The van der Waals surface area contributed by atoms with Gasteiger partial charge in [-0.05, 0) is 31.9 Å². The molecule has 1 amide bonds. The van der Waals surface area contributed by atoms with E-state index >= 15 is 0 Å². The molecule has 1 aromatic carbocycles. The van der Waals surface area contributed by atoms with E-state index in [4.69, 9.17) is 5.73 Å². The van der Waals surface area contributed by atoms with E-state index in [9.17, 15) is 9.18 Å². The Balaban J connectivity index is 2.97. The van der Waals surface area contributed by atoms with E-state index < -0.39 is 5.41 Å². The Morgan fingerprint density at radius 2 is 2.00 bits per heavy atom. The first-order chi connectivity index (χ1) is 8.50. The van der Waals surface area contributed by atoms with E-state index in [-0.39, 0.29) is 11.7 Å². The second kappa shape index (κ2) is 5.96. The third kappa shape index (κ3) is 2.70. The lowest BCUT2D eigenvalue weighted by molar-refractivity contribution is -0.125. The van der Waals surface area contributed by atoms with E-state index in [1.807, 2.05) is 13.8 Å². The Labute approximate surface area is 108 Å². The predicted octanol–water partition coefficient (Wildman–Crippen LogP) is 2.84. The molecule has 0 unspecified atom stereocenters. The molecule has 0 aromatic heterocycles. The SMILES string of the molecule is CCC(CC)(CN)C(=O)Nc1cccc(F)c1C. The van der Waals surface area contributed by atoms with Crippen LogP contribution < -0.4 is 11.1 Å². The maximum absolute atomic E-state index is 13.4. The summed E-state index contributed by atoms with van der Waals surface area (Å²) in [7, 11) is 0. The standard InChI is InChI=1S/C14H21FN2O/c1-4-14(5-2,9-16)13(18)17-12-8-6-7-11(15)10(12)3/h6-8H,4-5,9,16H2,1-3H3,(H,17,18). The lowest BCUT2D eigenvalue weighted by Gasteiger charge is -2.28. The number of nitrogens with one attached hydrogen (secondary N) is 1. The number of halogens is 1. The number of anilines is 1. The number of carbonyl (C=O) groups is 1. The molecule has 3 nitrogen and oxygen atoms in total. The number of rotatable bonds is 5. The Morgan fingerprint density at radius 3 is 2.50 bits per heavy atom. The van der Waals surface area contributed by atoms with Crippen molar-refractivity contribution in [3.63, 3.8) is 0 Å². The molecule has 100 valence electrons. The summed E-state index contributed by atoms with van der Waals surface area (Å²) in [6.07, 6.45) is 1.33. The van der Waals surface area contributed by atoms with Crippen molar-refractivity contribution in [1.82, 2.24) is 0 Å². The van der Waals surface area contributed by atoms with Gasteiger partial charge >= 0.3 is 0 Å². The fourth-order valence-electron chi connectivity index (χ4n) is 1.95. The first-order valence-corrected chi connectivity index (χ1v) is 6.27. The number of hydrogen-bond donors (Lipinski definition) is 2. The second-order valence-electron chi connectivity index (χ2n) is 4.56. The van der Waals surface area contributed by atoms with Crippen LogP contribution in [0.3, 0.4) is 0 Å². The zero-order valence-electron chi connectivity index (χ0n) is 11.2. The number of nitrogens with two attached hydrogens (primary N) is 1. The Morgan fingerprint density at radius 1 is 1.39 bits per heavy atom. The van der Waals surface area contributed by atoms with Gasteiger partial charge in [-0.15, -0.1) is 0 Å². The average Bonchev–Trinajstić information content (AvgIpc) is 2.38. The molecule has 0 atom stereocenters. The Hall–Kier alpha value is -1.42. The first kappa shape index (κ1) is 14.6. The Bertz CT molecular complexity index is 420. The molecule has 3 N–H and O–H groups in total. The monoisotopic (exact) mass is 252 g/mol. The summed E-state index contributed by atoms with van der Waals surface area (Å²) in [5, 5.41) is 2.79. The minimum Gasteiger partial charge on any atom is -0.329 e. The molecular formula is C14H21FN2O. The van der Waals surface area contributed by atoms with Crippen molar-refractivity contribution in [2.45, 2.75) is 33.6 Å². The molecular weight excluding hydrogens is 231 g/mol. The zero-order valence-corrected chi connectivity index (χ0v) is 11.2. The van der Waals surface area contributed by atoms with Crippen molar-refractivity contribution in [1.29, 1.82) is 0 Å². The third-order valence-electron chi connectivity index (χ3n) is 3.74. The van der Waals surface area contributed by atoms with Gasteiger partial charge in [0, 0.05) is 17.8 Å². The summed E-state index contributed by atoms with van der Waals surface area (Å²) >= 11 is 0. The molecule has 4 heteroatoms. The summed E-state index contributed by atoms with van der Waals surface area (Å²) < 4.78 is 13.4. The molecule has 1 rings (SSSR count). The highest BCUT2D eigenvalue weighted by Gasteiger charge is 2.33. The molecule has 18 heavy (non-hydrogen) atoms. The molecule has 0 heterocycles. The van der Waals surface area contributed by atoms with Gasteiger partial charge in [0.25, 0.3) is 0 Å². The van der Waals surface area contributed by atoms with Crippen LogP contribution in [0, 0.1) is 18.2 Å². The third-order valence-corrected chi connectivity index (χ3v) is 3.74. The van der Waals surface area contributed by atoms with Crippen molar-refractivity contribution in [2.24, 2.45) is 11.1 Å². The lowest BCUT2D eigenvalue weighted by Crippen LogP contribution is -2.41. The van der Waals surface area contributed by atoms with Crippen molar-refractivity contribution < 1.29 is 9.18 Å². The normalized spacial score (nSPS) is 11.4. The number of benzene rings is 1. The molecule has 0 saturated heterocycles. The Kier molecular flexibility index (Phi) is 4.84. The molecule has 0 spiro atoms. The number of carbonyl (C=O) groups excluding carboxylic acids is 1. The van der Waals surface area contributed by atoms with Crippen LogP contribution in [0.15, 0.2) is 18.2 Å². The average molecular weight is 252 g/mol. The van der Waals surface area contributed by atoms with Gasteiger partial charge in [0.2, 0.25) is 5.91 Å². The van der Waals surface area contributed by atoms with Crippen molar-refractivity contribution >= 4 is 11.6 Å². The quantitative estimate of drug-likeness (QED) is 0.846. The van der Waals surface area contributed by atoms with Gasteiger partial charge in [-0.3, -0.25) is 4.79 Å². The van der Waals surface area contributed by atoms with Crippen LogP contribution in [0.4, 0.5) is 10.1 Å². The summed E-state index contributed by atoms with van der Waals surface area (Å²) in [5.41, 5.74) is 6.11. The van der Waals surface area contributed by atoms with Gasteiger partial charge in [0.1, 0.15) is 5.82 Å². The highest BCUT2D eigenvalue weighted by molar-refractivity contribution is 5.96. The largest absolute Gasteiger partial charge is 0.329 e. The summed E-state index contributed by atoms with van der Waals surface area (Å²) in [6, 6.07) is 4.66. The van der Waals surface area contributed by atoms with E-state index in [0.717, 1.165) is 0 Å². The first-order valence-electron chi connectivity index (χ1n) is 6.27. The van der Waals surface area contributed by atoms with Crippen molar-refractivity contribution in [3.8, 4) is 0 Å². The van der Waals surface area contributed by atoms with Crippen LogP contribution in [0.1, 0.15) is 32.3 Å². The molecule has 0 fully saturated rings. The minimum atomic E-state index is -0.571. The minimum absolute atomic E-state index is 0.135. The van der Waals surface area contributed by atoms with E-state index in [1.54, 1.807) is 19.1 Å². The highest BCUT2D eigenvalue weighted by atomic mass is 19.1. The fraction of sp³-hybridized carbons (Fsp3) is 0.500. The van der Waals surface area contributed by atoms with Crippen molar-refractivity contribution in [3.05, 3.63) is 29.6 Å². The van der Waals surface area contributed by atoms with Crippen LogP contribution in [-0.4, -0.2) is 12.5 Å². The topological polar surface area (TPSA) is 55.1 Å². The molecule has 0 aliphatic carbocycles. The van der Waals surface area contributed by atoms with E-state index in [0.29, 0.717) is 30.6 Å². The summed E-state index contributed by atoms with van der Waals surface area (Å²) in [4.78, 5) is 12.3. The van der Waals surface area contributed by atoms with Crippen LogP contribution in [-0.2, 0) is 4.79 Å². The number of amides is 1. The van der Waals surface area contributed by atoms with Crippen LogP contribution in [0.25, 0.3) is 0 Å². The molecule has 0 radical (unpaired) electrons. The number of hydrogen-bond acceptors (Lipinski definition) is 2. The highest BCUT2D eigenvalue weighted by Crippen LogP contribution is 2.28. The molecule has 0 aliphatic heterocycles. The van der Waals surface area contributed by atoms with E-state index in [2.05, 4.69) is 5.32 Å². The predicted molar refractivity (Wildman–Crippen MR) is 71.8 cm³/mol. The fourth-order valence-corrected chi connectivity index (χ4v) is 1.95. The summed E-state index contributed by atoms with van der Waals surface area (Å²) in [6.45, 7) is 5.82. The van der Waals surface area contributed by atoms with Gasteiger partial charge in [0.05, 0.1) is 5.41 Å². The smallest absolute Gasteiger partial charge is 0.231 e. The van der Waals surface area contributed by atoms with Gasteiger partial charge in [-0.2, -0.15) is 0 Å². The van der Waals surface area contributed by atoms with E-state index in [1.165, 1.54) is 6.07 Å². The summed E-state index contributed by atoms with van der Waals surface area (Å²) in [5.74, 6) is -0.456. The maximum atomic E-state index is 13.4. The van der Waals surface area contributed by atoms with Crippen LogP contribution in [0.5, 0.6) is 0 Å². The van der Waals surface area contributed by atoms with Gasteiger partial charge in [0.15, 0.2) is 0 Å². The van der Waals surface area contributed by atoms with Gasteiger partial charge < -0.3 is 11.1 Å².